The number of para-hydroxylation sites is 1. The number of rotatable bonds is 4. The second-order valence-corrected chi connectivity index (χ2v) is 14.1. The van der Waals surface area contributed by atoms with E-state index >= 15 is 0 Å². The molecule has 1 unspecified atom stereocenters. The third-order valence-electron chi connectivity index (χ3n) is 11.3. The second-order valence-electron chi connectivity index (χ2n) is 14.1. The Morgan fingerprint density at radius 2 is 1.06 bits per heavy atom. The molecular formula is C49H32N2O. The van der Waals surface area contributed by atoms with Gasteiger partial charge in [-0.05, 0) is 77.2 Å². The van der Waals surface area contributed by atoms with Gasteiger partial charge in [0.2, 0.25) is 0 Å². The minimum absolute atomic E-state index is 0.286. The number of hydrogen-bond donors (Lipinski definition) is 0. The maximum Gasteiger partial charge on any atom is 0.136 e. The molecular weight excluding hydrogens is 633 g/mol. The normalized spacial score (nSPS) is 15.1. The van der Waals surface area contributed by atoms with Crippen LogP contribution in [-0.2, 0) is 5.41 Å². The molecule has 0 spiro atoms. The highest BCUT2D eigenvalue weighted by Gasteiger charge is 2.41. The summed E-state index contributed by atoms with van der Waals surface area (Å²) in [7, 11) is 0. The molecule has 10 aromatic rings. The predicted octanol–water partition coefficient (Wildman–Crippen LogP) is 12.7. The second kappa shape index (κ2) is 10.9. The van der Waals surface area contributed by atoms with Crippen LogP contribution < -0.4 is 0 Å². The fourth-order valence-corrected chi connectivity index (χ4v) is 8.74. The molecule has 3 nitrogen and oxygen atoms in total. The first kappa shape index (κ1) is 29.1. The first-order chi connectivity index (χ1) is 25.6. The summed E-state index contributed by atoms with van der Waals surface area (Å²) in [5, 5.41) is 4.59. The molecule has 0 fully saturated rings. The fraction of sp³-hybridized carbons (Fsp3) is 0.0408. The topological polar surface area (TPSA) is 31.0 Å². The maximum atomic E-state index is 6.81. The minimum atomic E-state index is -0.286. The van der Waals surface area contributed by atoms with E-state index in [1.807, 2.05) is 0 Å². The Balaban J connectivity index is 1.19. The molecule has 52 heavy (non-hydrogen) atoms. The number of benzene rings is 7. The van der Waals surface area contributed by atoms with Crippen molar-refractivity contribution in [3.63, 3.8) is 0 Å². The van der Waals surface area contributed by atoms with Gasteiger partial charge in [0.05, 0.1) is 28.1 Å². The molecule has 0 radical (unpaired) electrons. The maximum absolute atomic E-state index is 6.81. The van der Waals surface area contributed by atoms with Gasteiger partial charge in [0, 0.05) is 38.1 Å². The van der Waals surface area contributed by atoms with Gasteiger partial charge in [-0.25, -0.2) is 4.98 Å². The van der Waals surface area contributed by atoms with E-state index < -0.39 is 0 Å². The van der Waals surface area contributed by atoms with E-state index in [2.05, 4.69) is 187 Å². The van der Waals surface area contributed by atoms with Crippen molar-refractivity contribution in [2.75, 3.05) is 0 Å². The highest BCUT2D eigenvalue weighted by Crippen LogP contribution is 2.54. The molecule has 0 bridgehead atoms. The van der Waals surface area contributed by atoms with Gasteiger partial charge in [0.1, 0.15) is 11.2 Å². The van der Waals surface area contributed by atoms with Crippen LogP contribution in [-0.4, -0.2) is 9.55 Å². The zero-order valence-corrected chi connectivity index (χ0v) is 28.5. The van der Waals surface area contributed by atoms with Gasteiger partial charge in [-0.2, -0.15) is 0 Å². The van der Waals surface area contributed by atoms with Crippen LogP contribution in [0.25, 0.3) is 83.1 Å². The Kier molecular flexibility index (Phi) is 6.09. The van der Waals surface area contributed by atoms with Crippen molar-refractivity contribution in [3.05, 3.63) is 193 Å². The van der Waals surface area contributed by atoms with Crippen molar-refractivity contribution < 1.29 is 4.42 Å². The highest BCUT2D eigenvalue weighted by atomic mass is 16.3. The van der Waals surface area contributed by atoms with Crippen molar-refractivity contribution >= 4 is 43.7 Å². The third-order valence-corrected chi connectivity index (χ3v) is 11.3. The Hall–Kier alpha value is -6.71. The monoisotopic (exact) mass is 664 g/mol. The van der Waals surface area contributed by atoms with E-state index in [-0.39, 0.29) is 5.41 Å². The Morgan fingerprint density at radius 3 is 1.79 bits per heavy atom. The Labute approximate surface area is 301 Å². The van der Waals surface area contributed by atoms with Gasteiger partial charge in [-0.1, -0.05) is 133 Å². The van der Waals surface area contributed by atoms with Crippen LogP contribution in [0.2, 0.25) is 0 Å². The number of pyridine rings is 1. The summed E-state index contributed by atoms with van der Waals surface area (Å²) in [5.74, 6) is 0. The summed E-state index contributed by atoms with van der Waals surface area (Å²) in [6, 6.07) is 63.0. The van der Waals surface area contributed by atoms with Crippen LogP contribution in [0.3, 0.4) is 0 Å². The largest absolute Gasteiger partial charge is 0.456 e. The summed E-state index contributed by atoms with van der Waals surface area (Å²) < 4.78 is 9.21. The van der Waals surface area contributed by atoms with Crippen molar-refractivity contribution in [3.8, 4) is 39.3 Å². The average Bonchev–Trinajstić information content (AvgIpc) is 3.82. The number of aromatic nitrogens is 2. The van der Waals surface area contributed by atoms with E-state index in [4.69, 9.17) is 9.40 Å². The highest BCUT2D eigenvalue weighted by molar-refractivity contribution is 6.18. The summed E-state index contributed by atoms with van der Waals surface area (Å²) in [4.78, 5) is 5.18. The van der Waals surface area contributed by atoms with E-state index in [0.29, 0.717) is 0 Å². The molecule has 1 aliphatic carbocycles. The number of fused-ring (bicyclic) bond motifs is 9. The molecule has 3 aromatic heterocycles. The summed E-state index contributed by atoms with van der Waals surface area (Å²) in [6.45, 7) is 2.35. The summed E-state index contributed by atoms with van der Waals surface area (Å²) in [6.07, 6.45) is 0. The summed E-state index contributed by atoms with van der Waals surface area (Å²) in [5.41, 5.74) is 15.4. The van der Waals surface area contributed by atoms with Gasteiger partial charge < -0.3 is 8.98 Å². The predicted molar refractivity (Wildman–Crippen MR) is 214 cm³/mol. The van der Waals surface area contributed by atoms with Gasteiger partial charge in [-0.15, -0.1) is 0 Å². The molecule has 244 valence electrons. The average molecular weight is 665 g/mol. The first-order valence-electron chi connectivity index (χ1n) is 17.9. The molecule has 11 rings (SSSR count). The molecule has 0 saturated heterocycles. The van der Waals surface area contributed by atoms with Gasteiger partial charge in [0.25, 0.3) is 0 Å². The van der Waals surface area contributed by atoms with Crippen molar-refractivity contribution in [2.24, 2.45) is 0 Å². The third kappa shape index (κ3) is 4.11. The lowest BCUT2D eigenvalue weighted by atomic mass is 9.74. The molecule has 0 N–H and O–H groups in total. The molecule has 1 atom stereocenters. The van der Waals surface area contributed by atoms with Crippen molar-refractivity contribution in [2.45, 2.75) is 12.3 Å². The number of furan rings is 1. The lowest BCUT2D eigenvalue weighted by Crippen LogP contribution is -2.22. The smallest absolute Gasteiger partial charge is 0.136 e. The van der Waals surface area contributed by atoms with E-state index in [1.54, 1.807) is 0 Å². The van der Waals surface area contributed by atoms with Crippen molar-refractivity contribution in [1.29, 1.82) is 0 Å². The fourth-order valence-electron chi connectivity index (χ4n) is 8.74. The lowest BCUT2D eigenvalue weighted by Gasteiger charge is -2.28. The zero-order valence-electron chi connectivity index (χ0n) is 28.5. The van der Waals surface area contributed by atoms with Crippen LogP contribution >= 0.6 is 0 Å². The van der Waals surface area contributed by atoms with Crippen LogP contribution in [0.15, 0.2) is 180 Å². The Bertz CT molecular complexity index is 2950. The van der Waals surface area contributed by atoms with Gasteiger partial charge in [-0.3, -0.25) is 0 Å². The zero-order chi connectivity index (χ0) is 34.4. The SMILES string of the molecule is CC1(c2ccccc2)c2ccccc2-c2cc3c(cc21)oc1cc2c4ccccc4n(-c4cc(-c5ccccc5)nc(-c5ccccc5)c4)c2cc13. The quantitative estimate of drug-likeness (QED) is 0.187. The van der Waals surface area contributed by atoms with Gasteiger partial charge in [0.15, 0.2) is 0 Å². The molecule has 7 aromatic carbocycles. The summed E-state index contributed by atoms with van der Waals surface area (Å²) >= 11 is 0. The minimum Gasteiger partial charge on any atom is -0.456 e. The number of hydrogen-bond acceptors (Lipinski definition) is 2. The molecule has 0 amide bonds. The van der Waals surface area contributed by atoms with Gasteiger partial charge >= 0.3 is 0 Å². The molecule has 0 saturated carbocycles. The van der Waals surface area contributed by atoms with Crippen LogP contribution in [0.4, 0.5) is 0 Å². The van der Waals surface area contributed by atoms with E-state index in [9.17, 15) is 0 Å². The van der Waals surface area contributed by atoms with Crippen LogP contribution in [0, 0.1) is 0 Å². The molecule has 3 heterocycles. The van der Waals surface area contributed by atoms with Crippen molar-refractivity contribution in [1.82, 2.24) is 9.55 Å². The van der Waals surface area contributed by atoms with E-state index in [1.165, 1.54) is 33.2 Å². The van der Waals surface area contributed by atoms with Crippen LogP contribution in [0.5, 0.6) is 0 Å². The molecule has 3 heteroatoms. The molecule has 0 aliphatic heterocycles. The van der Waals surface area contributed by atoms with E-state index in [0.717, 1.165) is 66.6 Å². The van der Waals surface area contributed by atoms with Crippen LogP contribution in [0.1, 0.15) is 23.6 Å². The standard InChI is InChI=1S/C49H32N2O/c1-49(33-19-9-4-10-20-33)41-23-13-11-21-35(41)37-27-39-40-28-46-38(29-47(40)52-48(39)30-42(37)49)36-22-12-14-24-45(36)51(46)34-25-43(31-15-5-2-6-16-31)50-44(26-34)32-17-7-3-8-18-32/h2-30H,1H3. The lowest BCUT2D eigenvalue weighted by molar-refractivity contribution is 0.663. The first-order valence-corrected chi connectivity index (χ1v) is 17.9. The molecule has 1 aliphatic rings. The Morgan fingerprint density at radius 1 is 0.462 bits per heavy atom. The number of nitrogens with zero attached hydrogens (tertiary/aromatic N) is 2.